The van der Waals surface area contributed by atoms with Gasteiger partial charge in [-0.05, 0) is 30.5 Å². The molecule has 0 unspecified atom stereocenters. The summed E-state index contributed by atoms with van der Waals surface area (Å²) in [5.41, 5.74) is 6.66. The minimum Gasteiger partial charge on any atom is -0.353 e. The smallest absolute Gasteiger partial charge is 0.156 e. The third-order valence-corrected chi connectivity index (χ3v) is 6.42. The zero-order valence-corrected chi connectivity index (χ0v) is 16.9. The molecule has 1 fully saturated rings. The molecule has 4 heteroatoms. The van der Waals surface area contributed by atoms with Gasteiger partial charge in [0, 0.05) is 22.2 Å². The van der Waals surface area contributed by atoms with Crippen LogP contribution in [0.5, 0.6) is 0 Å². The Bertz CT molecular complexity index is 1320. The molecule has 0 atom stereocenters. The third-order valence-electron chi connectivity index (χ3n) is 6.42. The highest BCUT2D eigenvalue weighted by Gasteiger charge is 2.23. The van der Waals surface area contributed by atoms with Crippen LogP contribution in [0, 0.1) is 0 Å². The summed E-state index contributed by atoms with van der Waals surface area (Å²) in [7, 11) is 0. The van der Waals surface area contributed by atoms with Gasteiger partial charge in [-0.1, -0.05) is 67.8 Å². The van der Waals surface area contributed by atoms with Crippen LogP contribution in [0.2, 0.25) is 0 Å². The van der Waals surface area contributed by atoms with Crippen molar-refractivity contribution < 1.29 is 0 Å². The highest BCUT2D eigenvalue weighted by atomic mass is 15.0. The normalized spacial score (nSPS) is 15.2. The summed E-state index contributed by atoms with van der Waals surface area (Å²) in [4.78, 5) is 17.0. The van der Waals surface area contributed by atoms with Crippen molar-refractivity contribution in [3.8, 4) is 22.8 Å². The average molecular weight is 393 g/mol. The van der Waals surface area contributed by atoms with Crippen LogP contribution < -0.4 is 0 Å². The van der Waals surface area contributed by atoms with E-state index in [-0.39, 0.29) is 0 Å². The number of aromatic amines is 2. The summed E-state index contributed by atoms with van der Waals surface area (Å²) in [6.45, 7) is 0. The molecule has 1 aliphatic carbocycles. The van der Waals surface area contributed by atoms with Crippen LogP contribution in [0.1, 0.15) is 43.7 Å². The molecule has 1 saturated carbocycles. The molecule has 0 spiro atoms. The largest absolute Gasteiger partial charge is 0.353 e. The Morgan fingerprint density at radius 2 is 1.60 bits per heavy atom. The molecule has 0 bridgehead atoms. The molecule has 5 aromatic rings. The van der Waals surface area contributed by atoms with Crippen molar-refractivity contribution in [1.29, 1.82) is 0 Å². The van der Waals surface area contributed by atoms with Crippen molar-refractivity contribution in [2.45, 2.75) is 38.0 Å². The predicted molar refractivity (Wildman–Crippen MR) is 122 cm³/mol. The van der Waals surface area contributed by atoms with E-state index in [0.29, 0.717) is 5.92 Å². The first-order chi connectivity index (χ1) is 14.9. The molecule has 0 saturated heterocycles. The molecule has 1 aliphatic rings. The van der Waals surface area contributed by atoms with Crippen molar-refractivity contribution in [2.75, 3.05) is 0 Å². The summed E-state index contributed by atoms with van der Waals surface area (Å²) < 4.78 is 0. The van der Waals surface area contributed by atoms with Crippen LogP contribution in [0.4, 0.5) is 0 Å². The zero-order valence-electron chi connectivity index (χ0n) is 16.9. The van der Waals surface area contributed by atoms with E-state index in [2.05, 4.69) is 52.4 Å². The highest BCUT2D eigenvalue weighted by Crippen LogP contribution is 2.38. The Hall–Kier alpha value is -3.40. The van der Waals surface area contributed by atoms with Gasteiger partial charge >= 0.3 is 0 Å². The third kappa shape index (κ3) is 2.91. The number of hydrogen-bond acceptors (Lipinski definition) is 2. The number of hydrogen-bond donors (Lipinski definition) is 2. The quantitative estimate of drug-likeness (QED) is 0.354. The molecule has 30 heavy (non-hydrogen) atoms. The second kappa shape index (κ2) is 7.13. The predicted octanol–water partition coefficient (Wildman–Crippen LogP) is 6.82. The molecule has 148 valence electrons. The van der Waals surface area contributed by atoms with Crippen molar-refractivity contribution in [2.24, 2.45) is 0 Å². The lowest BCUT2D eigenvalue weighted by molar-refractivity contribution is 0.439. The molecule has 0 amide bonds. The maximum atomic E-state index is 5.17. The van der Waals surface area contributed by atoms with Crippen molar-refractivity contribution in [3.63, 3.8) is 0 Å². The molecule has 2 N–H and O–H groups in total. The number of nitrogens with one attached hydrogen (secondary N) is 2. The van der Waals surface area contributed by atoms with Gasteiger partial charge in [-0.25, -0.2) is 9.97 Å². The number of para-hydroxylation sites is 1. The fourth-order valence-electron chi connectivity index (χ4n) is 4.88. The first-order valence-corrected chi connectivity index (χ1v) is 10.9. The first-order valence-electron chi connectivity index (χ1n) is 10.9. The van der Waals surface area contributed by atoms with Gasteiger partial charge in [0.25, 0.3) is 0 Å². The summed E-state index contributed by atoms with van der Waals surface area (Å²) >= 11 is 0. The topological polar surface area (TPSA) is 57.4 Å². The number of aromatic nitrogens is 4. The van der Waals surface area contributed by atoms with Gasteiger partial charge in [0.05, 0.1) is 23.1 Å². The molecule has 6 rings (SSSR count). The lowest BCUT2D eigenvalue weighted by atomic mass is 9.86. The Morgan fingerprint density at radius 1 is 0.800 bits per heavy atom. The van der Waals surface area contributed by atoms with Gasteiger partial charge in [-0.2, -0.15) is 0 Å². The number of fused-ring (bicyclic) bond motifs is 3. The fourth-order valence-corrected chi connectivity index (χ4v) is 4.88. The minimum atomic E-state index is 0.512. The standard InChI is InChI=1S/C26H24N4/c1-3-9-17(10-4-1)23-16-27-26(30-23)22-15-20-19-13-7-8-14-21(19)28-25(20)24(29-22)18-11-5-2-6-12-18/h1,3-4,7-10,13-16,18,28H,2,5-6,11-12H2,(H,27,30). The van der Waals surface area contributed by atoms with Gasteiger partial charge in [-0.15, -0.1) is 0 Å². The molecule has 0 aliphatic heterocycles. The number of nitrogens with zero attached hydrogens (tertiary/aromatic N) is 2. The Morgan fingerprint density at radius 3 is 2.47 bits per heavy atom. The second-order valence-electron chi connectivity index (χ2n) is 8.33. The van der Waals surface area contributed by atoms with Gasteiger partial charge < -0.3 is 9.97 Å². The zero-order chi connectivity index (χ0) is 19.9. The molecule has 4 nitrogen and oxygen atoms in total. The van der Waals surface area contributed by atoms with Crippen molar-refractivity contribution in [3.05, 3.63) is 72.6 Å². The van der Waals surface area contributed by atoms with Crippen LogP contribution >= 0.6 is 0 Å². The van der Waals surface area contributed by atoms with E-state index < -0.39 is 0 Å². The van der Waals surface area contributed by atoms with E-state index in [1.54, 1.807) is 0 Å². The van der Waals surface area contributed by atoms with Gasteiger partial charge in [0.2, 0.25) is 0 Å². The summed E-state index contributed by atoms with van der Waals surface area (Å²) in [5.74, 6) is 1.34. The lowest BCUT2D eigenvalue weighted by Gasteiger charge is -2.22. The SMILES string of the molecule is c1ccc(-c2cnc(-c3cc4c([nH]c5ccccc54)c(C4CCCCC4)n3)[nH]2)cc1. The van der Waals surface area contributed by atoms with Gasteiger partial charge in [0.1, 0.15) is 5.69 Å². The van der Waals surface area contributed by atoms with Crippen LogP contribution in [-0.4, -0.2) is 19.9 Å². The monoisotopic (exact) mass is 392 g/mol. The maximum Gasteiger partial charge on any atom is 0.156 e. The number of benzene rings is 2. The molecular formula is C26H24N4. The summed E-state index contributed by atoms with van der Waals surface area (Å²) in [6, 6.07) is 21.1. The van der Waals surface area contributed by atoms with E-state index in [4.69, 9.17) is 9.97 Å². The Kier molecular flexibility index (Phi) is 4.15. The van der Waals surface area contributed by atoms with Crippen molar-refractivity contribution >= 4 is 21.8 Å². The maximum absolute atomic E-state index is 5.17. The highest BCUT2D eigenvalue weighted by molar-refractivity contribution is 6.08. The van der Waals surface area contributed by atoms with Crippen LogP contribution in [0.25, 0.3) is 44.6 Å². The number of rotatable bonds is 3. The van der Waals surface area contributed by atoms with Crippen molar-refractivity contribution in [1.82, 2.24) is 19.9 Å². The molecular weight excluding hydrogens is 368 g/mol. The van der Waals surface area contributed by atoms with Gasteiger partial charge in [-0.3, -0.25) is 0 Å². The summed E-state index contributed by atoms with van der Waals surface area (Å²) in [6.07, 6.45) is 8.26. The minimum absolute atomic E-state index is 0.512. The molecule has 3 aromatic heterocycles. The Labute approximate surface area is 175 Å². The average Bonchev–Trinajstić information content (AvgIpc) is 3.45. The van der Waals surface area contributed by atoms with Crippen LogP contribution in [0.15, 0.2) is 66.9 Å². The van der Waals surface area contributed by atoms with E-state index in [9.17, 15) is 0 Å². The summed E-state index contributed by atoms with van der Waals surface area (Å²) in [5, 5.41) is 2.50. The Balaban J connectivity index is 1.54. The van der Waals surface area contributed by atoms with E-state index in [1.807, 2.05) is 24.4 Å². The molecule has 0 radical (unpaired) electrons. The molecule has 3 heterocycles. The van der Waals surface area contributed by atoms with Crippen LogP contribution in [0.3, 0.4) is 0 Å². The number of H-pyrrole nitrogens is 2. The number of imidazole rings is 1. The fraction of sp³-hybridized carbons (Fsp3) is 0.231. The lowest BCUT2D eigenvalue weighted by Crippen LogP contribution is -2.08. The van der Waals surface area contributed by atoms with E-state index in [0.717, 1.165) is 22.8 Å². The second-order valence-corrected chi connectivity index (χ2v) is 8.33. The van der Waals surface area contributed by atoms with E-state index >= 15 is 0 Å². The molecule has 2 aromatic carbocycles. The number of pyridine rings is 1. The first kappa shape index (κ1) is 17.5. The van der Waals surface area contributed by atoms with Crippen LogP contribution in [-0.2, 0) is 0 Å². The van der Waals surface area contributed by atoms with Gasteiger partial charge in [0.15, 0.2) is 5.82 Å². The van der Waals surface area contributed by atoms with E-state index in [1.165, 1.54) is 59.6 Å².